The Morgan fingerprint density at radius 3 is 2.54 bits per heavy atom. The molecular weight excluding hydrogens is 326 g/mol. The molecule has 1 N–H and O–H groups in total. The van der Waals surface area contributed by atoms with E-state index in [0.29, 0.717) is 18.0 Å². The van der Waals surface area contributed by atoms with Gasteiger partial charge in [-0.1, -0.05) is 56.9 Å². The van der Waals surface area contributed by atoms with Crippen molar-refractivity contribution < 1.29 is 14.3 Å². The number of ether oxygens (including phenoxy) is 2. The summed E-state index contributed by atoms with van der Waals surface area (Å²) in [5.41, 5.74) is 1.09. The minimum Gasteiger partial charge on any atom is -0.493 e. The van der Waals surface area contributed by atoms with E-state index in [1.807, 2.05) is 24.3 Å². The summed E-state index contributed by atoms with van der Waals surface area (Å²) < 4.78 is 10.5. The summed E-state index contributed by atoms with van der Waals surface area (Å²) in [5, 5.41) is 2.89. The number of carbonyl (C=O) groups excluding carboxylic acids is 1. The van der Waals surface area contributed by atoms with Crippen LogP contribution in [0.1, 0.15) is 51.0 Å². The van der Waals surface area contributed by atoms with Crippen molar-refractivity contribution in [3.05, 3.63) is 48.1 Å². The number of allylic oxidation sites excluding steroid dienone is 3. The maximum Gasteiger partial charge on any atom is 0.243 e. The largest absolute Gasteiger partial charge is 0.493 e. The average molecular weight is 360 g/mol. The highest BCUT2D eigenvalue weighted by molar-refractivity contribution is 5.87. The van der Waals surface area contributed by atoms with Gasteiger partial charge in [0.05, 0.1) is 14.2 Å². The normalized spacial score (nSPS) is 11.2. The van der Waals surface area contributed by atoms with Gasteiger partial charge in [0.1, 0.15) is 0 Å². The molecule has 0 radical (unpaired) electrons. The monoisotopic (exact) mass is 359 g/mol. The quantitative estimate of drug-likeness (QED) is 0.311. The minimum absolute atomic E-state index is 0.0712. The lowest BCUT2D eigenvalue weighted by atomic mass is 10.1. The molecule has 0 aliphatic heterocycles. The third-order valence-corrected chi connectivity index (χ3v) is 4.13. The first-order chi connectivity index (χ1) is 12.7. The number of methoxy groups -OCH3 is 2. The molecule has 0 saturated carbocycles. The van der Waals surface area contributed by atoms with Crippen molar-refractivity contribution >= 4 is 5.91 Å². The van der Waals surface area contributed by atoms with Crippen molar-refractivity contribution in [1.82, 2.24) is 5.32 Å². The predicted molar refractivity (Wildman–Crippen MR) is 108 cm³/mol. The molecule has 1 aromatic rings. The van der Waals surface area contributed by atoms with E-state index >= 15 is 0 Å². The zero-order valence-corrected chi connectivity index (χ0v) is 16.4. The number of unbranched alkanes of at least 4 members (excludes halogenated alkanes) is 5. The molecule has 0 spiro atoms. The zero-order valence-electron chi connectivity index (χ0n) is 16.4. The van der Waals surface area contributed by atoms with Crippen molar-refractivity contribution in [2.24, 2.45) is 0 Å². The molecule has 0 atom stereocenters. The van der Waals surface area contributed by atoms with Gasteiger partial charge < -0.3 is 14.8 Å². The van der Waals surface area contributed by atoms with Gasteiger partial charge in [0.25, 0.3) is 0 Å². The van der Waals surface area contributed by atoms with Crippen molar-refractivity contribution in [2.45, 2.75) is 51.9 Å². The van der Waals surface area contributed by atoms with E-state index in [-0.39, 0.29) is 5.91 Å². The van der Waals surface area contributed by atoms with Crippen LogP contribution in [-0.2, 0) is 11.2 Å². The molecule has 4 nitrogen and oxygen atoms in total. The van der Waals surface area contributed by atoms with Crippen LogP contribution < -0.4 is 14.8 Å². The minimum atomic E-state index is -0.0712. The molecule has 1 amide bonds. The zero-order chi connectivity index (χ0) is 19.0. The summed E-state index contributed by atoms with van der Waals surface area (Å²) >= 11 is 0. The Morgan fingerprint density at radius 1 is 1.04 bits per heavy atom. The van der Waals surface area contributed by atoms with Crippen LogP contribution in [0.5, 0.6) is 11.5 Å². The molecule has 0 aromatic heterocycles. The number of hydrogen-bond donors (Lipinski definition) is 1. The molecule has 144 valence electrons. The number of amides is 1. The number of benzene rings is 1. The molecule has 0 saturated heterocycles. The van der Waals surface area contributed by atoms with E-state index in [2.05, 4.69) is 18.3 Å². The second kappa shape index (κ2) is 14.0. The number of rotatable bonds is 13. The SMILES string of the molecule is CCCCCCC/C=C/C=C/C(=O)NCCc1ccc(OC)c(OC)c1. The summed E-state index contributed by atoms with van der Waals surface area (Å²) in [6.07, 6.45) is 15.7. The van der Waals surface area contributed by atoms with Crippen LogP contribution >= 0.6 is 0 Å². The fourth-order valence-electron chi connectivity index (χ4n) is 2.61. The van der Waals surface area contributed by atoms with Crippen molar-refractivity contribution in [3.8, 4) is 11.5 Å². The fourth-order valence-corrected chi connectivity index (χ4v) is 2.61. The molecule has 0 aliphatic carbocycles. The third-order valence-electron chi connectivity index (χ3n) is 4.13. The first kappa shape index (κ1) is 21.8. The summed E-state index contributed by atoms with van der Waals surface area (Å²) in [7, 11) is 3.23. The molecule has 1 aromatic carbocycles. The number of hydrogen-bond acceptors (Lipinski definition) is 3. The Labute approximate surface area is 158 Å². The highest BCUT2D eigenvalue weighted by Gasteiger charge is 2.04. The maximum absolute atomic E-state index is 11.8. The summed E-state index contributed by atoms with van der Waals surface area (Å²) in [5.74, 6) is 1.34. The summed E-state index contributed by atoms with van der Waals surface area (Å²) in [6, 6.07) is 5.79. The standard InChI is InChI=1S/C22H33NO3/c1-4-5-6-7-8-9-10-11-12-13-22(24)23-17-16-19-14-15-20(25-2)21(18-19)26-3/h10-15,18H,4-9,16-17H2,1-3H3,(H,23,24)/b11-10+,13-12+. The second-order valence-electron chi connectivity index (χ2n) is 6.22. The van der Waals surface area contributed by atoms with Gasteiger partial charge in [-0.3, -0.25) is 4.79 Å². The smallest absolute Gasteiger partial charge is 0.243 e. The predicted octanol–water partition coefficient (Wildman–Crippen LogP) is 4.84. The molecule has 26 heavy (non-hydrogen) atoms. The lowest BCUT2D eigenvalue weighted by Gasteiger charge is -2.09. The lowest BCUT2D eigenvalue weighted by Crippen LogP contribution is -2.23. The second-order valence-corrected chi connectivity index (χ2v) is 6.22. The highest BCUT2D eigenvalue weighted by Crippen LogP contribution is 2.27. The van der Waals surface area contributed by atoms with E-state index in [9.17, 15) is 4.79 Å². The van der Waals surface area contributed by atoms with E-state index in [4.69, 9.17) is 9.47 Å². The Hall–Kier alpha value is -2.23. The van der Waals surface area contributed by atoms with Gasteiger partial charge in [-0.05, 0) is 37.0 Å². The molecule has 0 bridgehead atoms. The summed E-state index contributed by atoms with van der Waals surface area (Å²) in [4.78, 5) is 11.8. The van der Waals surface area contributed by atoms with Gasteiger partial charge in [0, 0.05) is 12.6 Å². The van der Waals surface area contributed by atoms with Crippen LogP contribution in [0.3, 0.4) is 0 Å². The van der Waals surface area contributed by atoms with Gasteiger partial charge in [0.15, 0.2) is 11.5 Å². The molecule has 0 heterocycles. The third kappa shape index (κ3) is 9.30. The van der Waals surface area contributed by atoms with Gasteiger partial charge in [-0.2, -0.15) is 0 Å². The van der Waals surface area contributed by atoms with E-state index in [1.165, 1.54) is 32.1 Å². The Balaban J connectivity index is 2.22. The Morgan fingerprint density at radius 2 is 1.81 bits per heavy atom. The lowest BCUT2D eigenvalue weighted by molar-refractivity contribution is -0.116. The van der Waals surface area contributed by atoms with Gasteiger partial charge in [-0.25, -0.2) is 0 Å². The molecular formula is C22H33NO3. The first-order valence-corrected chi connectivity index (χ1v) is 9.53. The first-order valence-electron chi connectivity index (χ1n) is 9.53. The van der Waals surface area contributed by atoms with Crippen LogP contribution in [-0.4, -0.2) is 26.7 Å². The van der Waals surface area contributed by atoms with Crippen molar-refractivity contribution in [2.75, 3.05) is 20.8 Å². The topological polar surface area (TPSA) is 47.6 Å². The number of carbonyl (C=O) groups is 1. The molecule has 4 heteroatoms. The van der Waals surface area contributed by atoms with Gasteiger partial charge in [0.2, 0.25) is 5.91 Å². The fraction of sp³-hybridized carbons (Fsp3) is 0.500. The van der Waals surface area contributed by atoms with E-state index in [0.717, 1.165) is 18.4 Å². The average Bonchev–Trinajstić information content (AvgIpc) is 2.66. The van der Waals surface area contributed by atoms with Crippen molar-refractivity contribution in [3.63, 3.8) is 0 Å². The van der Waals surface area contributed by atoms with Crippen LogP contribution in [0.2, 0.25) is 0 Å². The molecule has 1 rings (SSSR count). The Bertz CT molecular complexity index is 579. The van der Waals surface area contributed by atoms with Gasteiger partial charge >= 0.3 is 0 Å². The molecule has 0 unspecified atom stereocenters. The number of nitrogens with one attached hydrogen (secondary N) is 1. The van der Waals surface area contributed by atoms with Crippen molar-refractivity contribution in [1.29, 1.82) is 0 Å². The summed E-state index contributed by atoms with van der Waals surface area (Å²) in [6.45, 7) is 2.81. The Kier molecular flexibility index (Phi) is 11.7. The molecule has 0 fully saturated rings. The maximum atomic E-state index is 11.8. The van der Waals surface area contributed by atoms with E-state index < -0.39 is 0 Å². The van der Waals surface area contributed by atoms with Crippen LogP contribution in [0, 0.1) is 0 Å². The van der Waals surface area contributed by atoms with Crippen LogP contribution in [0.25, 0.3) is 0 Å². The molecule has 0 aliphatic rings. The van der Waals surface area contributed by atoms with Crippen LogP contribution in [0.4, 0.5) is 0 Å². The highest BCUT2D eigenvalue weighted by atomic mass is 16.5. The van der Waals surface area contributed by atoms with Crippen LogP contribution in [0.15, 0.2) is 42.5 Å². The van der Waals surface area contributed by atoms with E-state index in [1.54, 1.807) is 26.4 Å². The van der Waals surface area contributed by atoms with Gasteiger partial charge in [-0.15, -0.1) is 0 Å².